The Hall–Kier alpha value is -1.84. The van der Waals surface area contributed by atoms with Crippen LogP contribution in [0.3, 0.4) is 0 Å². The number of hydrogen-bond donors (Lipinski definition) is 1. The van der Waals surface area contributed by atoms with E-state index in [0.29, 0.717) is 31.0 Å². The Kier molecular flexibility index (Phi) is 4.23. The maximum absolute atomic E-state index is 12.6. The first-order valence-electron chi connectivity index (χ1n) is 7.90. The highest BCUT2D eigenvalue weighted by Gasteiger charge is 2.28. The fraction of sp³-hybridized carbons (Fsp3) is 0.529. The lowest BCUT2D eigenvalue weighted by molar-refractivity contribution is -0.119. The van der Waals surface area contributed by atoms with Crippen LogP contribution in [0.15, 0.2) is 29.4 Å². The number of benzene rings is 1. The number of nitrogens with zero attached hydrogens (tertiary/aromatic N) is 2. The van der Waals surface area contributed by atoms with E-state index in [1.807, 2.05) is 29.2 Å². The van der Waals surface area contributed by atoms with Crippen LogP contribution in [0.5, 0.6) is 0 Å². The third-order valence-electron chi connectivity index (χ3n) is 4.69. The second kappa shape index (κ2) is 6.29. The molecule has 0 unspecified atom stereocenters. The lowest BCUT2D eigenvalue weighted by Gasteiger charge is -2.31. The van der Waals surface area contributed by atoms with Gasteiger partial charge in [-0.1, -0.05) is 42.6 Å². The zero-order valence-electron chi connectivity index (χ0n) is 12.3. The standard InChI is InChI=1S/C17H22N2O2/c20-17(12-13-6-2-1-3-7-13)19-11-10-15(18-21)14-8-4-5-9-16(14)19/h4-5,8-9,13,21H,1-3,6-7,10-12H2. The molecule has 0 atom stereocenters. The predicted octanol–water partition coefficient (Wildman–Crippen LogP) is 3.57. The van der Waals surface area contributed by atoms with Crippen LogP contribution in [0.25, 0.3) is 0 Å². The lowest BCUT2D eigenvalue weighted by atomic mass is 9.86. The van der Waals surface area contributed by atoms with Gasteiger partial charge in [0.15, 0.2) is 0 Å². The number of amides is 1. The number of fused-ring (bicyclic) bond motifs is 1. The summed E-state index contributed by atoms with van der Waals surface area (Å²) in [6, 6.07) is 7.71. The molecule has 0 aromatic heterocycles. The first-order chi connectivity index (χ1) is 10.3. The number of oxime groups is 1. The summed E-state index contributed by atoms with van der Waals surface area (Å²) >= 11 is 0. The average molecular weight is 286 g/mol. The molecule has 1 fully saturated rings. The molecule has 0 spiro atoms. The summed E-state index contributed by atoms with van der Waals surface area (Å²) < 4.78 is 0. The van der Waals surface area contributed by atoms with E-state index < -0.39 is 0 Å². The number of carbonyl (C=O) groups excluding carboxylic acids is 1. The molecule has 1 N–H and O–H groups in total. The Labute approximate surface area is 125 Å². The highest BCUT2D eigenvalue weighted by atomic mass is 16.4. The van der Waals surface area contributed by atoms with Gasteiger partial charge in [-0.2, -0.15) is 0 Å². The topological polar surface area (TPSA) is 52.9 Å². The average Bonchev–Trinajstić information content (AvgIpc) is 2.54. The molecule has 4 nitrogen and oxygen atoms in total. The molecule has 1 aliphatic heterocycles. The lowest BCUT2D eigenvalue weighted by Crippen LogP contribution is -2.38. The number of carbonyl (C=O) groups is 1. The minimum Gasteiger partial charge on any atom is -0.411 e. The first kappa shape index (κ1) is 14.1. The van der Waals surface area contributed by atoms with Crippen molar-refractivity contribution < 1.29 is 10.0 Å². The molecule has 4 heteroatoms. The molecule has 1 aromatic carbocycles. The minimum absolute atomic E-state index is 0.214. The van der Waals surface area contributed by atoms with Gasteiger partial charge >= 0.3 is 0 Å². The Morgan fingerprint density at radius 3 is 2.76 bits per heavy atom. The zero-order valence-corrected chi connectivity index (χ0v) is 12.3. The fourth-order valence-electron chi connectivity index (χ4n) is 3.54. The van der Waals surface area contributed by atoms with Crippen molar-refractivity contribution >= 4 is 17.3 Å². The summed E-state index contributed by atoms with van der Waals surface area (Å²) in [5, 5.41) is 12.5. The van der Waals surface area contributed by atoms with E-state index in [4.69, 9.17) is 5.21 Å². The summed E-state index contributed by atoms with van der Waals surface area (Å²) in [6.07, 6.45) is 7.47. The van der Waals surface area contributed by atoms with Crippen molar-refractivity contribution in [3.8, 4) is 0 Å². The van der Waals surface area contributed by atoms with E-state index in [2.05, 4.69) is 5.16 Å². The van der Waals surface area contributed by atoms with Crippen LogP contribution in [0.2, 0.25) is 0 Å². The predicted molar refractivity (Wildman–Crippen MR) is 82.9 cm³/mol. The van der Waals surface area contributed by atoms with Crippen LogP contribution in [0, 0.1) is 5.92 Å². The highest BCUT2D eigenvalue weighted by Crippen LogP contribution is 2.31. The Bertz CT molecular complexity index is 547. The monoisotopic (exact) mass is 286 g/mol. The smallest absolute Gasteiger partial charge is 0.227 e. The summed E-state index contributed by atoms with van der Waals surface area (Å²) in [5.74, 6) is 0.762. The second-order valence-electron chi connectivity index (χ2n) is 6.07. The summed E-state index contributed by atoms with van der Waals surface area (Å²) in [6.45, 7) is 0.613. The van der Waals surface area contributed by atoms with Crippen molar-refractivity contribution in [3.05, 3.63) is 29.8 Å². The van der Waals surface area contributed by atoms with Crippen LogP contribution < -0.4 is 4.90 Å². The quantitative estimate of drug-likeness (QED) is 0.667. The van der Waals surface area contributed by atoms with Gasteiger partial charge in [0.25, 0.3) is 0 Å². The molecule has 1 heterocycles. The van der Waals surface area contributed by atoms with Crippen LogP contribution >= 0.6 is 0 Å². The number of rotatable bonds is 2. The molecule has 1 aliphatic carbocycles. The molecule has 1 aromatic rings. The Balaban J connectivity index is 1.77. The molecule has 1 amide bonds. The van der Waals surface area contributed by atoms with E-state index in [1.165, 1.54) is 32.1 Å². The van der Waals surface area contributed by atoms with E-state index >= 15 is 0 Å². The molecule has 3 rings (SSSR count). The normalized spacial score (nSPS) is 21.3. The highest BCUT2D eigenvalue weighted by molar-refractivity contribution is 6.11. The molecule has 0 saturated heterocycles. The van der Waals surface area contributed by atoms with Crippen molar-refractivity contribution in [1.82, 2.24) is 0 Å². The number of anilines is 1. The number of para-hydroxylation sites is 1. The van der Waals surface area contributed by atoms with Gasteiger partial charge < -0.3 is 10.1 Å². The van der Waals surface area contributed by atoms with Crippen molar-refractivity contribution in [2.45, 2.75) is 44.9 Å². The van der Waals surface area contributed by atoms with Crippen molar-refractivity contribution in [2.75, 3.05) is 11.4 Å². The van der Waals surface area contributed by atoms with Gasteiger partial charge in [-0.15, -0.1) is 0 Å². The summed E-state index contributed by atoms with van der Waals surface area (Å²) in [7, 11) is 0. The SMILES string of the molecule is O=C(CC1CCCCC1)N1CCC(=NO)c2ccccc21. The van der Waals surface area contributed by atoms with Gasteiger partial charge in [0.2, 0.25) is 5.91 Å². The number of hydrogen-bond acceptors (Lipinski definition) is 3. The van der Waals surface area contributed by atoms with E-state index in [1.54, 1.807) is 0 Å². The molecule has 2 aliphatic rings. The molecular weight excluding hydrogens is 264 g/mol. The fourth-order valence-corrected chi connectivity index (χ4v) is 3.54. The van der Waals surface area contributed by atoms with E-state index in [-0.39, 0.29) is 5.91 Å². The van der Waals surface area contributed by atoms with Gasteiger partial charge in [0.05, 0.1) is 11.4 Å². The molecule has 0 radical (unpaired) electrons. The van der Waals surface area contributed by atoms with Gasteiger partial charge in [-0.3, -0.25) is 4.79 Å². The summed E-state index contributed by atoms with van der Waals surface area (Å²) in [4.78, 5) is 14.5. The van der Waals surface area contributed by atoms with Crippen molar-refractivity contribution in [1.29, 1.82) is 0 Å². The van der Waals surface area contributed by atoms with Gasteiger partial charge in [0.1, 0.15) is 0 Å². The summed E-state index contributed by atoms with van der Waals surface area (Å²) in [5.41, 5.74) is 2.44. The Morgan fingerprint density at radius 1 is 1.24 bits per heavy atom. The molecule has 21 heavy (non-hydrogen) atoms. The molecule has 1 saturated carbocycles. The Morgan fingerprint density at radius 2 is 2.00 bits per heavy atom. The molecule has 0 bridgehead atoms. The van der Waals surface area contributed by atoms with Crippen LogP contribution in [0.4, 0.5) is 5.69 Å². The third kappa shape index (κ3) is 2.94. The third-order valence-corrected chi connectivity index (χ3v) is 4.69. The van der Waals surface area contributed by atoms with Gasteiger partial charge in [-0.05, 0) is 24.8 Å². The maximum atomic E-state index is 12.6. The molecular formula is C17H22N2O2. The van der Waals surface area contributed by atoms with Crippen molar-refractivity contribution in [3.63, 3.8) is 0 Å². The minimum atomic E-state index is 0.214. The van der Waals surface area contributed by atoms with E-state index in [9.17, 15) is 4.79 Å². The van der Waals surface area contributed by atoms with Crippen molar-refractivity contribution in [2.24, 2.45) is 11.1 Å². The van der Waals surface area contributed by atoms with Crippen LogP contribution in [-0.2, 0) is 4.79 Å². The van der Waals surface area contributed by atoms with Gasteiger partial charge in [-0.25, -0.2) is 0 Å². The molecule has 112 valence electrons. The van der Waals surface area contributed by atoms with Gasteiger partial charge in [0, 0.05) is 24.9 Å². The second-order valence-corrected chi connectivity index (χ2v) is 6.07. The largest absolute Gasteiger partial charge is 0.411 e. The maximum Gasteiger partial charge on any atom is 0.227 e. The van der Waals surface area contributed by atoms with E-state index in [0.717, 1.165) is 11.3 Å². The zero-order chi connectivity index (χ0) is 14.7. The first-order valence-corrected chi connectivity index (χ1v) is 7.90. The van der Waals surface area contributed by atoms with Crippen LogP contribution in [-0.4, -0.2) is 23.4 Å². The van der Waals surface area contributed by atoms with Crippen LogP contribution in [0.1, 0.15) is 50.5 Å².